The highest BCUT2D eigenvalue weighted by Gasteiger charge is 2.33. The van der Waals surface area contributed by atoms with Crippen LogP contribution >= 0.6 is 15.9 Å². The van der Waals surface area contributed by atoms with E-state index >= 15 is 0 Å². The summed E-state index contributed by atoms with van der Waals surface area (Å²) in [6.45, 7) is 0.243. The highest BCUT2D eigenvalue weighted by atomic mass is 79.9. The number of amides is 1. The van der Waals surface area contributed by atoms with Crippen molar-refractivity contribution in [1.82, 2.24) is 9.88 Å². The molecule has 5 nitrogen and oxygen atoms in total. The lowest BCUT2D eigenvalue weighted by atomic mass is 10.3. The Labute approximate surface area is 113 Å². The number of carbonyl (C=O) groups excluding carboxylic acids is 1. The standard InChI is InChI=1S/C12H13BrN2O3/c13-10-3-1-2-9(14-10)12(18)15(8-4-5-8)7-6-11(16)17/h1-3,8H,4-7H2,(H,16,17). The Morgan fingerprint density at radius 3 is 2.72 bits per heavy atom. The molecule has 1 heterocycles. The summed E-state index contributed by atoms with van der Waals surface area (Å²) in [5, 5.41) is 8.70. The summed E-state index contributed by atoms with van der Waals surface area (Å²) in [4.78, 5) is 28.6. The second-order valence-electron chi connectivity index (χ2n) is 4.22. The first kappa shape index (κ1) is 13.0. The summed E-state index contributed by atoms with van der Waals surface area (Å²) >= 11 is 3.22. The van der Waals surface area contributed by atoms with Crippen molar-refractivity contribution in [3.8, 4) is 0 Å². The molecule has 6 heteroatoms. The largest absolute Gasteiger partial charge is 0.481 e. The highest BCUT2D eigenvalue weighted by molar-refractivity contribution is 9.10. The molecular formula is C12H13BrN2O3. The number of nitrogens with zero attached hydrogens (tertiary/aromatic N) is 2. The van der Waals surface area contributed by atoms with Crippen molar-refractivity contribution in [2.45, 2.75) is 25.3 Å². The van der Waals surface area contributed by atoms with Gasteiger partial charge in [0.05, 0.1) is 6.42 Å². The SMILES string of the molecule is O=C(O)CCN(C(=O)c1cccc(Br)n1)C1CC1. The van der Waals surface area contributed by atoms with E-state index in [9.17, 15) is 9.59 Å². The first-order chi connectivity index (χ1) is 8.58. The summed E-state index contributed by atoms with van der Waals surface area (Å²) in [5.41, 5.74) is 0.349. The van der Waals surface area contributed by atoms with Gasteiger partial charge < -0.3 is 10.0 Å². The fourth-order valence-corrected chi connectivity index (χ4v) is 2.07. The number of carboxylic acids is 1. The zero-order chi connectivity index (χ0) is 13.1. The van der Waals surface area contributed by atoms with Gasteiger partial charge in [-0.3, -0.25) is 9.59 Å². The summed E-state index contributed by atoms with van der Waals surface area (Å²) < 4.78 is 0.599. The maximum Gasteiger partial charge on any atom is 0.305 e. The predicted molar refractivity (Wildman–Crippen MR) is 68.2 cm³/mol. The van der Waals surface area contributed by atoms with Gasteiger partial charge in [0.2, 0.25) is 0 Å². The second-order valence-corrected chi connectivity index (χ2v) is 5.03. The normalized spacial score (nSPS) is 14.3. The van der Waals surface area contributed by atoms with E-state index in [4.69, 9.17) is 5.11 Å². The molecule has 1 aliphatic carbocycles. The average molecular weight is 313 g/mol. The van der Waals surface area contributed by atoms with Crippen LogP contribution in [-0.4, -0.2) is 39.5 Å². The van der Waals surface area contributed by atoms with Crippen LogP contribution in [0, 0.1) is 0 Å². The summed E-state index contributed by atoms with van der Waals surface area (Å²) in [6, 6.07) is 5.31. The van der Waals surface area contributed by atoms with Gasteiger partial charge in [0.1, 0.15) is 10.3 Å². The number of aromatic nitrogens is 1. The zero-order valence-corrected chi connectivity index (χ0v) is 11.3. The van der Waals surface area contributed by atoms with Gasteiger partial charge in [-0.1, -0.05) is 6.07 Å². The zero-order valence-electron chi connectivity index (χ0n) is 9.67. The Bertz CT molecular complexity index is 474. The van der Waals surface area contributed by atoms with E-state index in [1.54, 1.807) is 23.1 Å². The van der Waals surface area contributed by atoms with Crippen LogP contribution in [0.25, 0.3) is 0 Å². The summed E-state index contributed by atoms with van der Waals surface area (Å²) in [6.07, 6.45) is 1.86. The van der Waals surface area contributed by atoms with E-state index in [0.29, 0.717) is 10.3 Å². The van der Waals surface area contributed by atoms with Crippen LogP contribution < -0.4 is 0 Å². The molecule has 1 fully saturated rings. The van der Waals surface area contributed by atoms with E-state index in [0.717, 1.165) is 12.8 Å². The van der Waals surface area contributed by atoms with Gasteiger partial charge in [-0.15, -0.1) is 0 Å². The number of aliphatic carboxylic acids is 1. The van der Waals surface area contributed by atoms with Crippen LogP contribution in [0.15, 0.2) is 22.8 Å². The van der Waals surface area contributed by atoms with Gasteiger partial charge in [0.15, 0.2) is 0 Å². The van der Waals surface area contributed by atoms with Gasteiger partial charge in [0.25, 0.3) is 5.91 Å². The highest BCUT2D eigenvalue weighted by Crippen LogP contribution is 2.28. The van der Waals surface area contributed by atoms with Crippen LogP contribution in [0.3, 0.4) is 0 Å². The minimum atomic E-state index is -0.893. The Balaban J connectivity index is 2.10. The summed E-state index contributed by atoms with van der Waals surface area (Å²) in [5.74, 6) is -1.09. The number of hydrogen-bond acceptors (Lipinski definition) is 3. The first-order valence-electron chi connectivity index (χ1n) is 5.73. The van der Waals surface area contributed by atoms with Crippen LogP contribution in [-0.2, 0) is 4.79 Å². The predicted octanol–water partition coefficient (Wildman–Crippen LogP) is 1.92. The first-order valence-corrected chi connectivity index (χ1v) is 6.52. The van der Waals surface area contributed by atoms with Gasteiger partial charge in [0, 0.05) is 12.6 Å². The number of hydrogen-bond donors (Lipinski definition) is 1. The maximum absolute atomic E-state index is 12.2. The molecule has 0 bridgehead atoms. The molecule has 0 saturated heterocycles. The molecule has 0 aliphatic heterocycles. The fourth-order valence-electron chi connectivity index (χ4n) is 1.73. The van der Waals surface area contributed by atoms with Crippen molar-refractivity contribution in [3.63, 3.8) is 0 Å². The molecule has 0 atom stereocenters. The molecule has 0 unspecified atom stereocenters. The minimum Gasteiger partial charge on any atom is -0.481 e. The molecule has 0 spiro atoms. The molecule has 1 aliphatic rings. The molecule has 96 valence electrons. The Hall–Kier alpha value is -1.43. The van der Waals surface area contributed by atoms with Crippen molar-refractivity contribution in [2.75, 3.05) is 6.54 Å². The third kappa shape index (κ3) is 3.29. The smallest absolute Gasteiger partial charge is 0.305 e. The average Bonchev–Trinajstić information content (AvgIpc) is 3.13. The minimum absolute atomic E-state index is 0.0315. The van der Waals surface area contributed by atoms with Gasteiger partial charge in [-0.25, -0.2) is 4.98 Å². The van der Waals surface area contributed by atoms with E-state index in [1.807, 2.05) is 0 Å². The van der Waals surface area contributed by atoms with Crippen molar-refractivity contribution in [1.29, 1.82) is 0 Å². The second kappa shape index (κ2) is 5.48. The van der Waals surface area contributed by atoms with Gasteiger partial charge >= 0.3 is 5.97 Å². The molecule has 1 amide bonds. The quantitative estimate of drug-likeness (QED) is 0.843. The Kier molecular flexibility index (Phi) is 3.96. The van der Waals surface area contributed by atoms with Gasteiger partial charge in [-0.2, -0.15) is 0 Å². The van der Waals surface area contributed by atoms with Crippen LogP contribution in [0.5, 0.6) is 0 Å². The number of halogens is 1. The monoisotopic (exact) mass is 312 g/mol. The van der Waals surface area contributed by atoms with Crippen molar-refractivity contribution in [3.05, 3.63) is 28.5 Å². The van der Waals surface area contributed by atoms with Crippen LogP contribution in [0.1, 0.15) is 29.8 Å². The molecule has 0 aromatic carbocycles. The molecule has 2 rings (SSSR count). The molecule has 1 N–H and O–H groups in total. The molecule has 1 aromatic heterocycles. The molecular weight excluding hydrogens is 300 g/mol. The topological polar surface area (TPSA) is 70.5 Å². The fraction of sp³-hybridized carbons (Fsp3) is 0.417. The van der Waals surface area contributed by atoms with Crippen molar-refractivity contribution >= 4 is 27.8 Å². The number of carboxylic acid groups (broad SMARTS) is 1. The van der Waals surface area contributed by atoms with Crippen LogP contribution in [0.4, 0.5) is 0 Å². The van der Waals surface area contributed by atoms with E-state index < -0.39 is 5.97 Å². The molecule has 1 saturated carbocycles. The maximum atomic E-state index is 12.2. The summed E-state index contributed by atoms with van der Waals surface area (Å²) in [7, 11) is 0. The Morgan fingerprint density at radius 1 is 1.44 bits per heavy atom. The van der Waals surface area contributed by atoms with Crippen molar-refractivity contribution < 1.29 is 14.7 Å². The third-order valence-corrected chi connectivity index (χ3v) is 3.19. The lowest BCUT2D eigenvalue weighted by Gasteiger charge is -2.21. The van der Waals surface area contributed by atoms with Crippen LogP contribution in [0.2, 0.25) is 0 Å². The number of rotatable bonds is 5. The number of carbonyl (C=O) groups is 2. The Morgan fingerprint density at radius 2 is 2.17 bits per heavy atom. The lowest BCUT2D eigenvalue weighted by Crippen LogP contribution is -2.35. The van der Waals surface area contributed by atoms with Gasteiger partial charge in [-0.05, 0) is 40.9 Å². The van der Waals surface area contributed by atoms with E-state index in [2.05, 4.69) is 20.9 Å². The molecule has 1 aromatic rings. The lowest BCUT2D eigenvalue weighted by molar-refractivity contribution is -0.137. The molecule has 0 radical (unpaired) electrons. The van der Waals surface area contributed by atoms with E-state index in [-0.39, 0.29) is 24.9 Å². The number of pyridine rings is 1. The van der Waals surface area contributed by atoms with E-state index in [1.165, 1.54) is 0 Å². The molecule has 18 heavy (non-hydrogen) atoms. The third-order valence-electron chi connectivity index (χ3n) is 2.75. The van der Waals surface area contributed by atoms with Crippen molar-refractivity contribution in [2.24, 2.45) is 0 Å².